The summed E-state index contributed by atoms with van der Waals surface area (Å²) in [6, 6.07) is 12.0. The molecular weight excluding hydrogens is 638 g/mol. The fraction of sp³-hybridized carbons (Fsp3) is 0.429. The highest BCUT2D eigenvalue weighted by atomic mass is 28.4. The average molecular weight is 683 g/mol. The van der Waals surface area contributed by atoms with Gasteiger partial charge in [-0.05, 0) is 62.3 Å². The van der Waals surface area contributed by atoms with Crippen molar-refractivity contribution in [1.29, 1.82) is 0 Å². The van der Waals surface area contributed by atoms with Crippen LogP contribution in [0, 0.1) is 12.7 Å². The molecule has 0 saturated carbocycles. The van der Waals surface area contributed by atoms with Crippen LogP contribution in [0.5, 0.6) is 0 Å². The van der Waals surface area contributed by atoms with Gasteiger partial charge in [0.25, 0.3) is 11.5 Å². The number of anilines is 3. The first-order valence-corrected chi connectivity index (χ1v) is 18.6. The van der Waals surface area contributed by atoms with E-state index in [1.165, 1.54) is 27.7 Å². The minimum absolute atomic E-state index is 0.0607. The molecule has 2 aromatic heterocycles. The number of aryl methyl sites for hydroxylation is 1. The van der Waals surface area contributed by atoms with E-state index in [0.29, 0.717) is 33.9 Å². The lowest BCUT2D eigenvalue weighted by Gasteiger charge is -2.37. The maximum absolute atomic E-state index is 15.8. The van der Waals surface area contributed by atoms with Crippen LogP contribution >= 0.6 is 0 Å². The highest BCUT2D eigenvalue weighted by molar-refractivity contribution is 6.74. The van der Waals surface area contributed by atoms with E-state index >= 15 is 13.2 Å². The predicted molar refractivity (Wildman–Crippen MR) is 187 cm³/mol. The van der Waals surface area contributed by atoms with Crippen LogP contribution in [0.25, 0.3) is 10.9 Å². The van der Waals surface area contributed by atoms with Crippen molar-refractivity contribution >= 4 is 42.3 Å². The van der Waals surface area contributed by atoms with Crippen LogP contribution < -0.4 is 15.8 Å². The lowest BCUT2D eigenvalue weighted by molar-refractivity contribution is -0.129. The van der Waals surface area contributed by atoms with E-state index in [2.05, 4.69) is 15.3 Å². The van der Waals surface area contributed by atoms with Crippen molar-refractivity contribution in [3.8, 4) is 0 Å². The van der Waals surface area contributed by atoms with Crippen LogP contribution in [0.4, 0.5) is 30.4 Å². The molecule has 4 aromatic rings. The van der Waals surface area contributed by atoms with Gasteiger partial charge in [0.2, 0.25) is 5.91 Å². The maximum atomic E-state index is 15.8. The number of halogens is 3. The molecule has 1 amide bonds. The van der Waals surface area contributed by atoms with Crippen molar-refractivity contribution in [2.75, 3.05) is 38.0 Å². The van der Waals surface area contributed by atoms with Gasteiger partial charge in [0.15, 0.2) is 8.32 Å². The van der Waals surface area contributed by atoms with E-state index < -0.39 is 38.3 Å². The van der Waals surface area contributed by atoms with Crippen LogP contribution in [0.2, 0.25) is 18.1 Å². The molecular formula is C35H45F3N6O3Si. The van der Waals surface area contributed by atoms with Crippen molar-refractivity contribution in [2.45, 2.75) is 71.3 Å². The lowest BCUT2D eigenvalue weighted by atomic mass is 10.00. The average Bonchev–Trinajstić information content (AvgIpc) is 2.99. The van der Waals surface area contributed by atoms with Crippen LogP contribution in [-0.4, -0.2) is 61.4 Å². The molecule has 0 aliphatic carbocycles. The number of likely N-dealkylation sites (N-methyl/N-ethyl adjacent to an activating group) is 1. The SMILES string of the molecule is Cc1nc(N[C@H](C)c2cccc(C(F)(F)CO[Si](C)(C)C(C)(C)C)c2F)c2cc(N(C)c3ccn(CC(=O)N(C)C)c(=O)c3)ccc2n1. The minimum atomic E-state index is -3.53. The number of carbonyl (C=O) groups is 1. The number of amides is 1. The van der Waals surface area contributed by atoms with Gasteiger partial charge in [0.1, 0.15) is 30.6 Å². The molecule has 258 valence electrons. The van der Waals surface area contributed by atoms with Gasteiger partial charge in [-0.25, -0.2) is 14.4 Å². The summed E-state index contributed by atoms with van der Waals surface area (Å²) in [4.78, 5) is 37.2. The van der Waals surface area contributed by atoms with E-state index in [9.17, 15) is 9.59 Å². The summed E-state index contributed by atoms with van der Waals surface area (Å²) in [7, 11) is 2.56. The van der Waals surface area contributed by atoms with E-state index in [4.69, 9.17) is 4.43 Å². The first-order chi connectivity index (χ1) is 22.2. The molecule has 2 aromatic carbocycles. The second-order valence-corrected chi connectivity index (χ2v) is 18.7. The molecule has 48 heavy (non-hydrogen) atoms. The second kappa shape index (κ2) is 13.7. The number of aromatic nitrogens is 3. The standard InChI is InChI=1S/C35H45F3N6O3Si/c1-22(26-12-11-13-28(32(26)36)35(37,38)21-47-48(9,10)34(3,4)5)39-33-27-18-24(14-15-29(27)40-23(2)41-33)43(8)25-16-17-44(30(45)19-25)20-31(46)42(6)7/h11-19,22H,20-21H2,1-10H3,(H,39,40,41)/t22-/m1/s1. The molecule has 1 atom stereocenters. The van der Waals surface area contributed by atoms with E-state index in [0.717, 1.165) is 6.07 Å². The highest BCUT2D eigenvalue weighted by Gasteiger charge is 2.43. The molecule has 0 aliphatic heterocycles. The van der Waals surface area contributed by atoms with Crippen molar-refractivity contribution < 1.29 is 22.4 Å². The molecule has 0 fully saturated rings. The van der Waals surface area contributed by atoms with Crippen molar-refractivity contribution in [2.24, 2.45) is 0 Å². The summed E-state index contributed by atoms with van der Waals surface area (Å²) in [5.74, 6) is -3.87. The molecule has 0 unspecified atom stereocenters. The lowest BCUT2D eigenvalue weighted by Crippen LogP contribution is -2.43. The van der Waals surface area contributed by atoms with Gasteiger partial charge in [-0.3, -0.25) is 9.59 Å². The number of carbonyl (C=O) groups excluding carboxylic acids is 1. The van der Waals surface area contributed by atoms with Gasteiger partial charge in [-0.1, -0.05) is 32.9 Å². The summed E-state index contributed by atoms with van der Waals surface area (Å²) in [5, 5.41) is 3.56. The Hall–Kier alpha value is -4.23. The number of hydrogen-bond donors (Lipinski definition) is 1. The number of benzene rings is 2. The van der Waals surface area contributed by atoms with Crippen LogP contribution in [0.3, 0.4) is 0 Å². The molecule has 2 heterocycles. The third kappa shape index (κ3) is 7.89. The van der Waals surface area contributed by atoms with Crippen molar-refractivity contribution in [3.05, 3.63) is 87.9 Å². The Labute approximate surface area is 280 Å². The van der Waals surface area contributed by atoms with Gasteiger partial charge < -0.3 is 24.1 Å². The number of rotatable bonds is 11. The van der Waals surface area contributed by atoms with Crippen LogP contribution in [0.1, 0.15) is 50.7 Å². The molecule has 1 N–H and O–H groups in total. The summed E-state index contributed by atoms with van der Waals surface area (Å²) in [6.45, 7) is 12.1. The van der Waals surface area contributed by atoms with Gasteiger partial charge in [-0.15, -0.1) is 0 Å². The molecule has 0 aliphatic rings. The molecule has 13 heteroatoms. The summed E-state index contributed by atoms with van der Waals surface area (Å²) in [5.41, 5.74) is 0.948. The molecule has 0 bridgehead atoms. The van der Waals surface area contributed by atoms with Crippen molar-refractivity contribution in [3.63, 3.8) is 0 Å². The number of alkyl halides is 2. The predicted octanol–water partition coefficient (Wildman–Crippen LogP) is 7.38. The van der Waals surface area contributed by atoms with Gasteiger partial charge in [0, 0.05) is 55.7 Å². The maximum Gasteiger partial charge on any atom is 0.297 e. The third-order valence-corrected chi connectivity index (χ3v) is 13.5. The molecule has 0 spiro atoms. The van der Waals surface area contributed by atoms with E-state index in [-0.39, 0.29) is 28.6 Å². The first kappa shape index (κ1) is 36.6. The van der Waals surface area contributed by atoms with E-state index in [1.807, 2.05) is 57.0 Å². The van der Waals surface area contributed by atoms with Crippen LogP contribution in [0.15, 0.2) is 59.5 Å². The number of hydrogen-bond acceptors (Lipinski definition) is 7. The number of pyridine rings is 1. The highest BCUT2D eigenvalue weighted by Crippen LogP contribution is 2.40. The monoisotopic (exact) mass is 682 g/mol. The van der Waals surface area contributed by atoms with Gasteiger partial charge >= 0.3 is 0 Å². The minimum Gasteiger partial charge on any atom is -0.410 e. The molecule has 0 saturated heterocycles. The zero-order valence-electron chi connectivity index (χ0n) is 29.3. The zero-order chi connectivity index (χ0) is 35.8. The Morgan fingerprint density at radius 2 is 1.71 bits per heavy atom. The normalized spacial score (nSPS) is 13.0. The smallest absolute Gasteiger partial charge is 0.297 e. The Morgan fingerprint density at radius 1 is 1.04 bits per heavy atom. The molecule has 0 radical (unpaired) electrons. The Bertz CT molecular complexity index is 1870. The first-order valence-electron chi connectivity index (χ1n) is 15.7. The fourth-order valence-electron chi connectivity index (χ4n) is 4.84. The zero-order valence-corrected chi connectivity index (χ0v) is 30.3. The fourth-order valence-corrected chi connectivity index (χ4v) is 5.81. The Balaban J connectivity index is 1.62. The Morgan fingerprint density at radius 3 is 2.33 bits per heavy atom. The molecule has 9 nitrogen and oxygen atoms in total. The summed E-state index contributed by atoms with van der Waals surface area (Å²) < 4.78 is 53.8. The number of nitrogens with one attached hydrogen (secondary N) is 1. The van der Waals surface area contributed by atoms with Gasteiger partial charge in [0.05, 0.1) is 17.1 Å². The van der Waals surface area contributed by atoms with Crippen LogP contribution in [-0.2, 0) is 21.7 Å². The summed E-state index contributed by atoms with van der Waals surface area (Å²) >= 11 is 0. The molecule has 4 rings (SSSR count). The van der Waals surface area contributed by atoms with Crippen molar-refractivity contribution in [1.82, 2.24) is 19.4 Å². The van der Waals surface area contributed by atoms with E-state index in [1.54, 1.807) is 47.3 Å². The number of fused-ring (bicyclic) bond motifs is 1. The largest absolute Gasteiger partial charge is 0.410 e. The third-order valence-electron chi connectivity index (χ3n) is 9.01. The Kier molecular flexibility index (Phi) is 10.5. The quantitative estimate of drug-likeness (QED) is 0.165. The second-order valence-electron chi connectivity index (χ2n) is 13.8. The van der Waals surface area contributed by atoms with Gasteiger partial charge in [-0.2, -0.15) is 8.78 Å². The topological polar surface area (TPSA) is 92.6 Å². The number of nitrogens with zero attached hydrogens (tertiary/aromatic N) is 5. The summed E-state index contributed by atoms with van der Waals surface area (Å²) in [6.07, 6.45) is 1.57.